The second-order valence-electron chi connectivity index (χ2n) is 6.94. The minimum Gasteiger partial charge on any atom is -0.480 e. The van der Waals surface area contributed by atoms with Crippen LogP contribution in [-0.2, 0) is 11.2 Å². The second-order valence-corrected chi connectivity index (χ2v) is 7.38. The molecule has 0 amide bonds. The average molecular weight is 391 g/mol. The van der Waals surface area contributed by atoms with E-state index in [1.54, 1.807) is 12.1 Å². The third-order valence-electron chi connectivity index (χ3n) is 5.07. The average Bonchev–Trinajstić information content (AvgIpc) is 2.65. The Morgan fingerprint density at radius 2 is 1.93 bits per heavy atom. The molecule has 1 aliphatic rings. The topological polar surface area (TPSA) is 43.8 Å². The van der Waals surface area contributed by atoms with E-state index in [9.17, 15) is 14.3 Å². The van der Waals surface area contributed by atoms with Crippen LogP contribution in [0, 0.1) is 5.82 Å². The Morgan fingerprint density at radius 3 is 2.59 bits per heavy atom. The zero-order chi connectivity index (χ0) is 19.2. The van der Waals surface area contributed by atoms with Crippen molar-refractivity contribution in [2.75, 3.05) is 31.1 Å². The number of halogens is 2. The third kappa shape index (κ3) is 5.68. The summed E-state index contributed by atoms with van der Waals surface area (Å²) in [4.78, 5) is 15.5. The quantitative estimate of drug-likeness (QED) is 0.773. The molecule has 0 atom stereocenters. The Hall–Kier alpha value is -2.11. The minimum absolute atomic E-state index is 0.0329. The van der Waals surface area contributed by atoms with Crippen LogP contribution in [0.1, 0.15) is 18.4 Å². The summed E-state index contributed by atoms with van der Waals surface area (Å²) in [6.45, 7) is 2.30. The zero-order valence-corrected chi connectivity index (χ0v) is 15.9. The highest BCUT2D eigenvalue weighted by atomic mass is 35.5. The summed E-state index contributed by atoms with van der Waals surface area (Å²) in [5.41, 5.74) is 1.99. The number of nitrogens with zero attached hydrogens (tertiary/aromatic N) is 2. The van der Waals surface area contributed by atoms with Crippen molar-refractivity contribution in [1.82, 2.24) is 4.90 Å². The van der Waals surface area contributed by atoms with E-state index in [1.165, 1.54) is 6.07 Å². The highest BCUT2D eigenvalue weighted by Crippen LogP contribution is 2.23. The Balaban J connectivity index is 1.59. The number of carboxylic acid groups (broad SMARTS) is 1. The molecule has 4 nitrogen and oxygen atoms in total. The van der Waals surface area contributed by atoms with Gasteiger partial charge in [-0.1, -0.05) is 29.8 Å². The monoisotopic (exact) mass is 390 g/mol. The number of piperidine rings is 1. The van der Waals surface area contributed by atoms with Crippen molar-refractivity contribution in [3.8, 4) is 0 Å². The van der Waals surface area contributed by atoms with E-state index in [0.29, 0.717) is 11.6 Å². The first-order valence-electron chi connectivity index (χ1n) is 9.22. The van der Waals surface area contributed by atoms with Crippen molar-refractivity contribution in [2.45, 2.75) is 25.3 Å². The van der Waals surface area contributed by atoms with Crippen LogP contribution in [0.5, 0.6) is 0 Å². The number of carboxylic acids is 1. The highest BCUT2D eigenvalue weighted by Gasteiger charge is 2.26. The summed E-state index contributed by atoms with van der Waals surface area (Å²) in [5.74, 6) is -1.04. The molecule has 0 bridgehead atoms. The van der Waals surface area contributed by atoms with Gasteiger partial charge in [-0.3, -0.25) is 9.69 Å². The summed E-state index contributed by atoms with van der Waals surface area (Å²) < 4.78 is 13.5. The lowest BCUT2D eigenvalue weighted by Gasteiger charge is -2.39. The van der Waals surface area contributed by atoms with Gasteiger partial charge in [0.25, 0.3) is 0 Å². The molecular weight excluding hydrogens is 367 g/mol. The van der Waals surface area contributed by atoms with Gasteiger partial charge in [-0.25, -0.2) is 4.39 Å². The maximum Gasteiger partial charge on any atom is 0.317 e. The smallest absolute Gasteiger partial charge is 0.317 e. The number of benzene rings is 2. The van der Waals surface area contributed by atoms with Crippen LogP contribution in [-0.4, -0.2) is 48.2 Å². The lowest BCUT2D eigenvalue weighted by atomic mass is 10.0. The Labute approximate surface area is 164 Å². The third-order valence-corrected chi connectivity index (χ3v) is 5.30. The molecule has 2 aromatic carbocycles. The maximum absolute atomic E-state index is 13.5. The predicted molar refractivity (Wildman–Crippen MR) is 106 cm³/mol. The van der Waals surface area contributed by atoms with E-state index >= 15 is 0 Å². The maximum atomic E-state index is 13.5. The van der Waals surface area contributed by atoms with Crippen LogP contribution in [0.4, 0.5) is 10.1 Å². The number of anilines is 1. The molecule has 0 aromatic heterocycles. The lowest BCUT2D eigenvalue weighted by molar-refractivity contribution is -0.139. The van der Waals surface area contributed by atoms with Crippen molar-refractivity contribution in [3.05, 3.63) is 64.9 Å². The fourth-order valence-electron chi connectivity index (χ4n) is 3.69. The van der Waals surface area contributed by atoms with Crippen LogP contribution in [0.3, 0.4) is 0 Å². The van der Waals surface area contributed by atoms with Crippen LogP contribution in [0.2, 0.25) is 5.02 Å². The number of aliphatic carboxylic acids is 1. The van der Waals surface area contributed by atoms with Crippen LogP contribution in [0.25, 0.3) is 0 Å². The van der Waals surface area contributed by atoms with Gasteiger partial charge in [-0.05, 0) is 55.2 Å². The SMILES string of the molecule is O=C(O)CN(CCc1cccc(Cl)c1)C1CCN(c2cccc(F)c2)CC1. The Morgan fingerprint density at radius 1 is 1.19 bits per heavy atom. The first-order chi connectivity index (χ1) is 13.0. The van der Waals surface area contributed by atoms with E-state index in [1.807, 2.05) is 35.2 Å². The van der Waals surface area contributed by atoms with Gasteiger partial charge in [0.05, 0.1) is 6.54 Å². The van der Waals surface area contributed by atoms with Crippen LogP contribution in [0.15, 0.2) is 48.5 Å². The minimum atomic E-state index is -0.811. The standard InChI is InChI=1S/C21H24ClFN2O2/c22-17-4-1-3-16(13-17)7-10-25(15-21(26)27)19-8-11-24(12-9-19)20-6-2-5-18(23)14-20/h1-6,13-14,19H,7-12,15H2,(H,26,27). The van der Waals surface area contributed by atoms with Crippen molar-refractivity contribution >= 4 is 23.3 Å². The fraction of sp³-hybridized carbons (Fsp3) is 0.381. The van der Waals surface area contributed by atoms with Crippen LogP contribution >= 0.6 is 11.6 Å². The Kier molecular flexibility index (Phi) is 6.69. The molecule has 27 heavy (non-hydrogen) atoms. The molecule has 0 spiro atoms. The summed E-state index contributed by atoms with van der Waals surface area (Å²) in [6, 6.07) is 14.5. The van der Waals surface area contributed by atoms with Gasteiger partial charge in [-0.15, -0.1) is 0 Å². The number of hydrogen-bond acceptors (Lipinski definition) is 3. The first-order valence-corrected chi connectivity index (χ1v) is 9.60. The van der Waals surface area contributed by atoms with Gasteiger partial charge in [0.1, 0.15) is 5.82 Å². The van der Waals surface area contributed by atoms with Gasteiger partial charge < -0.3 is 10.0 Å². The summed E-state index contributed by atoms with van der Waals surface area (Å²) in [7, 11) is 0. The van der Waals surface area contributed by atoms with E-state index in [-0.39, 0.29) is 18.4 Å². The summed E-state index contributed by atoms with van der Waals surface area (Å²) in [5, 5.41) is 10.00. The predicted octanol–water partition coefficient (Wildman–Crippen LogP) is 4.08. The number of hydrogen-bond donors (Lipinski definition) is 1. The number of rotatable bonds is 7. The van der Waals surface area contributed by atoms with E-state index in [0.717, 1.165) is 43.6 Å². The molecule has 3 rings (SSSR count). The summed E-state index contributed by atoms with van der Waals surface area (Å²) in [6.07, 6.45) is 2.48. The fourth-order valence-corrected chi connectivity index (χ4v) is 3.90. The first kappa shape index (κ1) is 19.6. The van der Waals surface area contributed by atoms with Gasteiger partial charge in [-0.2, -0.15) is 0 Å². The largest absolute Gasteiger partial charge is 0.480 e. The molecule has 1 N–H and O–H groups in total. The molecule has 1 heterocycles. The zero-order valence-electron chi connectivity index (χ0n) is 15.2. The molecule has 0 aliphatic carbocycles. The molecule has 6 heteroatoms. The molecule has 0 unspecified atom stereocenters. The Bertz CT molecular complexity index is 778. The molecule has 0 saturated carbocycles. The van der Waals surface area contributed by atoms with Gasteiger partial charge in [0.2, 0.25) is 0 Å². The molecule has 0 radical (unpaired) electrons. The van der Waals surface area contributed by atoms with E-state index < -0.39 is 5.97 Å². The van der Waals surface area contributed by atoms with Gasteiger partial charge in [0.15, 0.2) is 0 Å². The van der Waals surface area contributed by atoms with Crippen molar-refractivity contribution in [3.63, 3.8) is 0 Å². The highest BCUT2D eigenvalue weighted by molar-refractivity contribution is 6.30. The molecule has 144 valence electrons. The summed E-state index contributed by atoms with van der Waals surface area (Å²) >= 11 is 6.04. The lowest BCUT2D eigenvalue weighted by Crippen LogP contribution is -2.47. The van der Waals surface area contributed by atoms with Gasteiger partial charge >= 0.3 is 5.97 Å². The van der Waals surface area contributed by atoms with Crippen molar-refractivity contribution in [2.24, 2.45) is 0 Å². The molecular formula is C21H24ClFN2O2. The van der Waals surface area contributed by atoms with Crippen LogP contribution < -0.4 is 4.90 Å². The molecule has 2 aromatic rings. The second kappa shape index (κ2) is 9.20. The normalized spacial score (nSPS) is 15.3. The number of carbonyl (C=O) groups is 1. The van der Waals surface area contributed by atoms with E-state index in [4.69, 9.17) is 11.6 Å². The van der Waals surface area contributed by atoms with Gasteiger partial charge in [0, 0.05) is 36.4 Å². The molecule has 1 saturated heterocycles. The van der Waals surface area contributed by atoms with E-state index in [2.05, 4.69) is 4.90 Å². The van der Waals surface area contributed by atoms with Crippen molar-refractivity contribution < 1.29 is 14.3 Å². The molecule has 1 aliphatic heterocycles. The molecule has 1 fully saturated rings. The van der Waals surface area contributed by atoms with Crippen molar-refractivity contribution in [1.29, 1.82) is 0 Å².